The van der Waals surface area contributed by atoms with Gasteiger partial charge in [0.15, 0.2) is 0 Å². The number of carbonyl (C=O) groups excluding carboxylic acids is 1. The molecule has 0 aliphatic carbocycles. The van der Waals surface area contributed by atoms with Gasteiger partial charge in [0.05, 0.1) is 17.4 Å². The lowest BCUT2D eigenvalue weighted by atomic mass is 9.99. The zero-order chi connectivity index (χ0) is 22.7. The van der Waals surface area contributed by atoms with E-state index in [1.165, 1.54) is 16.4 Å². The van der Waals surface area contributed by atoms with Crippen LogP contribution in [0.5, 0.6) is 0 Å². The molecule has 1 aliphatic heterocycles. The summed E-state index contributed by atoms with van der Waals surface area (Å²) in [6.45, 7) is 2.37. The number of nitrogens with zero attached hydrogens (tertiary/aromatic N) is 3. The van der Waals surface area contributed by atoms with Crippen LogP contribution in [0.1, 0.15) is 24.3 Å². The average Bonchev–Trinajstić information content (AvgIpc) is 3.27. The van der Waals surface area contributed by atoms with Crippen molar-refractivity contribution in [3.05, 3.63) is 65.8 Å². The first-order valence-electron chi connectivity index (χ1n) is 10.3. The van der Waals surface area contributed by atoms with Gasteiger partial charge in [-0.25, -0.2) is 12.8 Å². The van der Waals surface area contributed by atoms with Gasteiger partial charge in [-0.05, 0) is 49.6 Å². The fourth-order valence-electron chi connectivity index (χ4n) is 3.70. The van der Waals surface area contributed by atoms with Crippen molar-refractivity contribution < 1.29 is 22.1 Å². The van der Waals surface area contributed by atoms with E-state index >= 15 is 0 Å². The van der Waals surface area contributed by atoms with Gasteiger partial charge in [0.2, 0.25) is 27.6 Å². The lowest BCUT2D eigenvalue weighted by Gasteiger charge is -2.31. The van der Waals surface area contributed by atoms with Gasteiger partial charge in [-0.15, -0.1) is 0 Å². The molecule has 1 N–H and O–H groups in total. The van der Waals surface area contributed by atoms with Crippen molar-refractivity contribution in [2.75, 3.05) is 13.1 Å². The SMILES string of the molecule is Cc1ccccc1-c1noc(CNC(=O)C2CCCN(S(=O)(=O)c3ccc(F)cc3)C2)n1. The number of hydrogen-bond donors (Lipinski definition) is 1. The molecule has 4 rings (SSSR count). The molecule has 1 unspecified atom stereocenters. The van der Waals surface area contributed by atoms with Gasteiger partial charge < -0.3 is 9.84 Å². The third-order valence-corrected chi connectivity index (χ3v) is 7.35. The molecule has 0 spiro atoms. The van der Waals surface area contributed by atoms with Gasteiger partial charge in [-0.2, -0.15) is 9.29 Å². The molecule has 10 heteroatoms. The molecule has 1 atom stereocenters. The van der Waals surface area contributed by atoms with E-state index in [1.807, 2.05) is 31.2 Å². The molecule has 2 aromatic carbocycles. The predicted molar refractivity (Wildman–Crippen MR) is 114 cm³/mol. The molecule has 3 aromatic rings. The number of amides is 1. The van der Waals surface area contributed by atoms with Crippen LogP contribution in [-0.2, 0) is 21.4 Å². The van der Waals surface area contributed by atoms with Crippen molar-refractivity contribution in [1.29, 1.82) is 0 Å². The molecule has 8 nitrogen and oxygen atoms in total. The number of nitrogens with one attached hydrogen (secondary N) is 1. The van der Waals surface area contributed by atoms with E-state index in [2.05, 4.69) is 15.5 Å². The summed E-state index contributed by atoms with van der Waals surface area (Å²) in [7, 11) is -3.80. The topological polar surface area (TPSA) is 105 Å². The number of rotatable bonds is 6. The number of aryl methyl sites for hydroxylation is 1. The number of carbonyl (C=O) groups is 1. The highest BCUT2D eigenvalue weighted by Gasteiger charge is 2.33. The molecule has 1 aliphatic rings. The van der Waals surface area contributed by atoms with E-state index in [-0.39, 0.29) is 29.8 Å². The summed E-state index contributed by atoms with van der Waals surface area (Å²) >= 11 is 0. The molecular weight excluding hydrogens is 435 g/mol. The Balaban J connectivity index is 1.38. The van der Waals surface area contributed by atoms with Crippen LogP contribution in [0.25, 0.3) is 11.4 Å². The third kappa shape index (κ3) is 4.71. The van der Waals surface area contributed by atoms with Crippen LogP contribution >= 0.6 is 0 Å². The summed E-state index contributed by atoms with van der Waals surface area (Å²) in [6, 6.07) is 12.3. The smallest absolute Gasteiger partial charge is 0.246 e. The lowest BCUT2D eigenvalue weighted by Crippen LogP contribution is -2.45. The van der Waals surface area contributed by atoms with Gasteiger partial charge in [0.25, 0.3) is 0 Å². The second-order valence-electron chi connectivity index (χ2n) is 7.70. The van der Waals surface area contributed by atoms with Crippen molar-refractivity contribution in [3.63, 3.8) is 0 Å². The number of sulfonamides is 1. The first kappa shape index (κ1) is 22.1. The van der Waals surface area contributed by atoms with E-state index in [4.69, 9.17) is 4.52 Å². The summed E-state index contributed by atoms with van der Waals surface area (Å²) in [5.74, 6) is -0.575. The molecule has 0 radical (unpaired) electrons. The fourth-order valence-corrected chi connectivity index (χ4v) is 5.22. The Labute approximate surface area is 185 Å². The van der Waals surface area contributed by atoms with Crippen LogP contribution < -0.4 is 5.32 Å². The molecule has 1 saturated heterocycles. The average molecular weight is 459 g/mol. The zero-order valence-corrected chi connectivity index (χ0v) is 18.3. The molecule has 168 valence electrons. The van der Waals surface area contributed by atoms with Crippen molar-refractivity contribution in [1.82, 2.24) is 19.8 Å². The quantitative estimate of drug-likeness (QED) is 0.609. The zero-order valence-electron chi connectivity index (χ0n) is 17.5. The first-order valence-corrected chi connectivity index (χ1v) is 11.7. The molecule has 1 aromatic heterocycles. The van der Waals surface area contributed by atoms with Crippen molar-refractivity contribution in [3.8, 4) is 11.4 Å². The van der Waals surface area contributed by atoms with Crippen LogP contribution in [0.15, 0.2) is 57.9 Å². The highest BCUT2D eigenvalue weighted by molar-refractivity contribution is 7.89. The Morgan fingerprint density at radius 1 is 1.22 bits per heavy atom. The minimum Gasteiger partial charge on any atom is -0.347 e. The van der Waals surface area contributed by atoms with Gasteiger partial charge in [0.1, 0.15) is 5.82 Å². The second-order valence-corrected chi connectivity index (χ2v) is 9.64. The Hall–Kier alpha value is -3.11. The lowest BCUT2D eigenvalue weighted by molar-refractivity contribution is -0.126. The normalized spacial score (nSPS) is 17.2. The highest BCUT2D eigenvalue weighted by atomic mass is 32.2. The minimum absolute atomic E-state index is 0.00885. The number of benzene rings is 2. The van der Waals surface area contributed by atoms with Gasteiger partial charge in [0, 0.05) is 18.7 Å². The van der Waals surface area contributed by atoms with Crippen molar-refractivity contribution in [2.24, 2.45) is 5.92 Å². The standard InChI is InChI=1S/C22H23FN4O4S/c1-15-5-2-3-7-19(15)21-25-20(31-26-21)13-24-22(28)16-6-4-12-27(14-16)32(29,30)18-10-8-17(23)9-11-18/h2-3,5,7-11,16H,4,6,12-14H2,1H3,(H,24,28). The molecule has 0 saturated carbocycles. The number of hydrogen-bond acceptors (Lipinski definition) is 6. The van der Waals surface area contributed by atoms with Crippen LogP contribution in [-0.4, -0.2) is 41.9 Å². The number of piperidine rings is 1. The van der Waals surface area contributed by atoms with Crippen molar-refractivity contribution in [2.45, 2.75) is 31.2 Å². The van der Waals surface area contributed by atoms with Crippen LogP contribution in [0.3, 0.4) is 0 Å². The predicted octanol–water partition coefficient (Wildman–Crippen LogP) is 2.90. The van der Waals surface area contributed by atoms with Gasteiger partial charge >= 0.3 is 0 Å². The third-order valence-electron chi connectivity index (χ3n) is 5.47. The van der Waals surface area contributed by atoms with E-state index in [0.29, 0.717) is 25.2 Å². The highest BCUT2D eigenvalue weighted by Crippen LogP contribution is 2.24. The van der Waals surface area contributed by atoms with Gasteiger partial charge in [-0.3, -0.25) is 4.79 Å². The van der Waals surface area contributed by atoms with Crippen LogP contribution in [0, 0.1) is 18.7 Å². The van der Waals surface area contributed by atoms with Crippen molar-refractivity contribution >= 4 is 15.9 Å². The second kappa shape index (κ2) is 9.17. The largest absolute Gasteiger partial charge is 0.347 e. The van der Waals surface area contributed by atoms with Gasteiger partial charge in [-0.1, -0.05) is 29.4 Å². The van der Waals surface area contributed by atoms with E-state index in [1.54, 1.807) is 0 Å². The van der Waals surface area contributed by atoms with E-state index in [0.717, 1.165) is 23.3 Å². The summed E-state index contributed by atoms with van der Waals surface area (Å²) in [6.07, 6.45) is 1.12. The molecule has 32 heavy (non-hydrogen) atoms. The molecule has 0 bridgehead atoms. The maximum atomic E-state index is 13.1. The minimum atomic E-state index is -3.80. The van der Waals surface area contributed by atoms with Crippen LogP contribution in [0.2, 0.25) is 0 Å². The molecule has 2 heterocycles. The maximum Gasteiger partial charge on any atom is 0.246 e. The van der Waals surface area contributed by atoms with E-state index < -0.39 is 21.8 Å². The monoisotopic (exact) mass is 458 g/mol. The molecule has 1 amide bonds. The molecular formula is C22H23FN4O4S. The summed E-state index contributed by atoms with van der Waals surface area (Å²) < 4.78 is 45.4. The Morgan fingerprint density at radius 2 is 1.97 bits per heavy atom. The maximum absolute atomic E-state index is 13.1. The molecule has 1 fully saturated rings. The Bertz CT molecular complexity index is 1210. The Morgan fingerprint density at radius 3 is 2.72 bits per heavy atom. The number of halogens is 1. The fraction of sp³-hybridized carbons (Fsp3) is 0.318. The van der Waals surface area contributed by atoms with E-state index in [9.17, 15) is 17.6 Å². The van der Waals surface area contributed by atoms with Crippen LogP contribution in [0.4, 0.5) is 4.39 Å². The first-order chi connectivity index (χ1) is 15.3. The summed E-state index contributed by atoms with van der Waals surface area (Å²) in [5.41, 5.74) is 1.86. The number of aromatic nitrogens is 2. The summed E-state index contributed by atoms with van der Waals surface area (Å²) in [4.78, 5) is 17.0. The summed E-state index contributed by atoms with van der Waals surface area (Å²) in [5, 5.41) is 6.73. The Kier molecular flexibility index (Phi) is 6.33.